The van der Waals surface area contributed by atoms with Crippen molar-refractivity contribution in [2.24, 2.45) is 0 Å². The SMILES string of the molecule is Cc1ccc(NC(=O)c2ccc(O)c(Cl)c2)cc1S(=O)(=O)N1CCCCCC1. The van der Waals surface area contributed by atoms with Gasteiger partial charge in [0.05, 0.1) is 9.92 Å². The van der Waals surface area contributed by atoms with Crippen LogP contribution in [-0.4, -0.2) is 36.8 Å². The van der Waals surface area contributed by atoms with Crippen molar-refractivity contribution in [1.82, 2.24) is 4.31 Å². The summed E-state index contributed by atoms with van der Waals surface area (Å²) in [6.07, 6.45) is 3.79. The van der Waals surface area contributed by atoms with Crippen LogP contribution in [0.15, 0.2) is 41.3 Å². The van der Waals surface area contributed by atoms with E-state index in [0.29, 0.717) is 24.3 Å². The van der Waals surface area contributed by atoms with Crippen molar-refractivity contribution in [2.45, 2.75) is 37.5 Å². The van der Waals surface area contributed by atoms with E-state index in [-0.39, 0.29) is 21.2 Å². The lowest BCUT2D eigenvalue weighted by Crippen LogP contribution is -2.32. The molecule has 150 valence electrons. The van der Waals surface area contributed by atoms with Crippen molar-refractivity contribution in [3.05, 3.63) is 52.5 Å². The molecule has 0 unspecified atom stereocenters. The summed E-state index contributed by atoms with van der Waals surface area (Å²) in [5.41, 5.74) is 1.28. The van der Waals surface area contributed by atoms with Crippen LogP contribution in [0.2, 0.25) is 5.02 Å². The molecule has 0 radical (unpaired) electrons. The van der Waals surface area contributed by atoms with Gasteiger partial charge in [-0.15, -0.1) is 0 Å². The first-order chi connectivity index (χ1) is 13.3. The lowest BCUT2D eigenvalue weighted by atomic mass is 10.2. The fourth-order valence-electron chi connectivity index (χ4n) is 3.23. The number of amides is 1. The van der Waals surface area contributed by atoms with Gasteiger partial charge in [-0.2, -0.15) is 4.31 Å². The Morgan fingerprint density at radius 2 is 1.75 bits per heavy atom. The number of carbonyl (C=O) groups excluding carboxylic acids is 1. The van der Waals surface area contributed by atoms with Gasteiger partial charge in [-0.3, -0.25) is 4.79 Å². The predicted octanol–water partition coefficient (Wildman–Crippen LogP) is 4.17. The van der Waals surface area contributed by atoms with E-state index in [2.05, 4.69) is 5.32 Å². The largest absolute Gasteiger partial charge is 0.506 e. The Morgan fingerprint density at radius 1 is 1.07 bits per heavy atom. The Kier molecular flexibility index (Phi) is 6.27. The number of hydrogen-bond donors (Lipinski definition) is 2. The molecule has 8 heteroatoms. The number of anilines is 1. The molecule has 1 aliphatic rings. The van der Waals surface area contributed by atoms with E-state index in [4.69, 9.17) is 11.6 Å². The Hall–Kier alpha value is -2.09. The van der Waals surface area contributed by atoms with Crippen LogP contribution in [0.25, 0.3) is 0 Å². The van der Waals surface area contributed by atoms with Crippen LogP contribution in [0.5, 0.6) is 5.75 Å². The number of benzene rings is 2. The summed E-state index contributed by atoms with van der Waals surface area (Å²) < 4.78 is 27.8. The second-order valence-corrected chi connectivity index (χ2v) is 9.23. The standard InChI is InChI=1S/C20H23ClN2O4S/c1-14-6-8-16(22-20(25)15-7-9-18(24)17(21)12-15)13-19(14)28(26,27)23-10-4-2-3-5-11-23/h6-9,12-13,24H,2-5,10-11H2,1H3,(H,22,25). The van der Waals surface area contributed by atoms with Crippen molar-refractivity contribution in [2.75, 3.05) is 18.4 Å². The second-order valence-electron chi connectivity index (χ2n) is 6.92. The first-order valence-electron chi connectivity index (χ1n) is 9.20. The molecule has 1 fully saturated rings. The Morgan fingerprint density at radius 3 is 2.39 bits per heavy atom. The summed E-state index contributed by atoms with van der Waals surface area (Å²) in [6, 6.07) is 8.98. The Bertz CT molecular complexity index is 984. The molecule has 0 aromatic heterocycles. The number of nitrogens with zero attached hydrogens (tertiary/aromatic N) is 1. The van der Waals surface area contributed by atoms with Gasteiger partial charge in [-0.25, -0.2) is 8.42 Å². The smallest absolute Gasteiger partial charge is 0.255 e. The van der Waals surface area contributed by atoms with Crippen molar-refractivity contribution < 1.29 is 18.3 Å². The van der Waals surface area contributed by atoms with Gasteiger partial charge in [0.25, 0.3) is 5.91 Å². The highest BCUT2D eigenvalue weighted by Gasteiger charge is 2.27. The minimum atomic E-state index is -3.62. The normalized spacial score (nSPS) is 15.8. The van der Waals surface area contributed by atoms with Crippen LogP contribution in [0.3, 0.4) is 0 Å². The minimum absolute atomic E-state index is 0.0704. The van der Waals surface area contributed by atoms with Crippen LogP contribution in [-0.2, 0) is 10.0 Å². The van der Waals surface area contributed by atoms with E-state index in [0.717, 1.165) is 25.7 Å². The fraction of sp³-hybridized carbons (Fsp3) is 0.350. The molecule has 1 amide bonds. The minimum Gasteiger partial charge on any atom is -0.506 e. The zero-order valence-corrected chi connectivity index (χ0v) is 17.2. The van der Waals surface area contributed by atoms with Crippen LogP contribution in [0.4, 0.5) is 5.69 Å². The molecule has 3 rings (SSSR count). The number of rotatable bonds is 4. The van der Waals surface area contributed by atoms with Crippen LogP contribution in [0.1, 0.15) is 41.6 Å². The topological polar surface area (TPSA) is 86.7 Å². The molecule has 28 heavy (non-hydrogen) atoms. The van der Waals surface area contributed by atoms with Gasteiger partial charge in [0.1, 0.15) is 5.75 Å². The molecule has 0 spiro atoms. The molecule has 0 saturated carbocycles. The number of aromatic hydroxyl groups is 1. The maximum atomic E-state index is 13.1. The lowest BCUT2D eigenvalue weighted by Gasteiger charge is -2.21. The van der Waals surface area contributed by atoms with Crippen molar-refractivity contribution >= 4 is 33.2 Å². The highest BCUT2D eigenvalue weighted by Crippen LogP contribution is 2.27. The van der Waals surface area contributed by atoms with Crippen molar-refractivity contribution in [3.8, 4) is 5.75 Å². The van der Waals surface area contributed by atoms with E-state index in [1.165, 1.54) is 28.6 Å². The molecule has 6 nitrogen and oxygen atoms in total. The average Bonchev–Trinajstić information content (AvgIpc) is 2.95. The van der Waals surface area contributed by atoms with E-state index >= 15 is 0 Å². The lowest BCUT2D eigenvalue weighted by molar-refractivity contribution is 0.102. The number of sulfonamides is 1. The molecular weight excluding hydrogens is 400 g/mol. The highest BCUT2D eigenvalue weighted by molar-refractivity contribution is 7.89. The van der Waals surface area contributed by atoms with Crippen LogP contribution in [0, 0.1) is 6.92 Å². The van der Waals surface area contributed by atoms with E-state index in [1.54, 1.807) is 19.1 Å². The summed E-state index contributed by atoms with van der Waals surface area (Å²) >= 11 is 5.85. The number of phenols is 1. The van der Waals surface area contributed by atoms with Gasteiger partial charge in [0.15, 0.2) is 0 Å². The zero-order chi connectivity index (χ0) is 20.3. The van der Waals surface area contributed by atoms with E-state index in [9.17, 15) is 18.3 Å². The molecular formula is C20H23ClN2O4S. The molecule has 1 aliphatic heterocycles. The fourth-order valence-corrected chi connectivity index (χ4v) is 5.18. The maximum absolute atomic E-state index is 13.1. The number of aryl methyl sites for hydroxylation is 1. The van der Waals surface area contributed by atoms with E-state index in [1.807, 2.05) is 0 Å². The number of hydrogen-bond acceptors (Lipinski definition) is 4. The second kappa shape index (κ2) is 8.51. The Labute approximate surface area is 170 Å². The number of nitrogens with one attached hydrogen (secondary N) is 1. The average molecular weight is 423 g/mol. The number of carbonyl (C=O) groups is 1. The Balaban J connectivity index is 1.86. The molecule has 2 aromatic rings. The summed E-state index contributed by atoms with van der Waals surface area (Å²) in [7, 11) is -3.62. The van der Waals surface area contributed by atoms with Crippen molar-refractivity contribution in [3.63, 3.8) is 0 Å². The number of phenolic OH excluding ortho intramolecular Hbond substituents is 1. The van der Waals surface area contributed by atoms with Gasteiger partial charge >= 0.3 is 0 Å². The zero-order valence-electron chi connectivity index (χ0n) is 15.6. The van der Waals surface area contributed by atoms with Gasteiger partial charge < -0.3 is 10.4 Å². The van der Waals surface area contributed by atoms with E-state index < -0.39 is 15.9 Å². The monoisotopic (exact) mass is 422 g/mol. The molecule has 0 atom stereocenters. The van der Waals surface area contributed by atoms with Crippen LogP contribution >= 0.6 is 11.6 Å². The molecule has 0 bridgehead atoms. The summed E-state index contributed by atoms with van der Waals surface area (Å²) in [5.74, 6) is -0.553. The van der Waals surface area contributed by atoms with Gasteiger partial charge in [-0.05, 0) is 55.7 Å². The first-order valence-corrected chi connectivity index (χ1v) is 11.0. The first kappa shape index (κ1) is 20.6. The van der Waals surface area contributed by atoms with Crippen molar-refractivity contribution in [1.29, 1.82) is 0 Å². The quantitative estimate of drug-likeness (QED) is 0.774. The third kappa shape index (κ3) is 4.48. The maximum Gasteiger partial charge on any atom is 0.255 e. The van der Waals surface area contributed by atoms with Crippen LogP contribution < -0.4 is 5.32 Å². The molecule has 2 aromatic carbocycles. The summed E-state index contributed by atoms with van der Waals surface area (Å²) in [5, 5.41) is 12.2. The number of halogens is 1. The summed E-state index contributed by atoms with van der Waals surface area (Å²) in [6.45, 7) is 2.78. The van der Waals surface area contributed by atoms with Gasteiger partial charge in [0, 0.05) is 24.3 Å². The van der Waals surface area contributed by atoms with Gasteiger partial charge in [-0.1, -0.05) is 30.5 Å². The third-order valence-corrected chi connectivity index (χ3v) is 7.18. The molecule has 1 heterocycles. The highest BCUT2D eigenvalue weighted by atomic mass is 35.5. The molecule has 0 aliphatic carbocycles. The molecule has 1 saturated heterocycles. The molecule has 2 N–H and O–H groups in total. The summed E-state index contributed by atoms with van der Waals surface area (Å²) in [4.78, 5) is 12.7. The third-order valence-electron chi connectivity index (χ3n) is 4.84. The predicted molar refractivity (Wildman–Crippen MR) is 109 cm³/mol. The van der Waals surface area contributed by atoms with Gasteiger partial charge in [0.2, 0.25) is 10.0 Å².